The minimum absolute atomic E-state index is 0.0991. The summed E-state index contributed by atoms with van der Waals surface area (Å²) in [4.78, 5) is 72.5. The van der Waals surface area contributed by atoms with Crippen molar-refractivity contribution in [3.8, 4) is 0 Å². The predicted molar refractivity (Wildman–Crippen MR) is 136 cm³/mol. The van der Waals surface area contributed by atoms with Gasteiger partial charge in [0.05, 0.1) is 37.7 Å². The van der Waals surface area contributed by atoms with E-state index in [1.165, 1.54) is 31.4 Å². The Morgan fingerprint density at radius 3 is 1.62 bits per heavy atom. The molecule has 2 aliphatic rings. The molecule has 1 amide bonds. The predicted octanol–water partition coefficient (Wildman–Crippen LogP) is 1.64. The second-order valence-corrected chi connectivity index (χ2v) is 9.61. The molecule has 11 nitrogen and oxygen atoms in total. The van der Waals surface area contributed by atoms with E-state index in [4.69, 9.17) is 9.47 Å². The molecular formula is C28H27N5O6. The number of aromatic nitrogens is 3. The molecule has 0 spiro atoms. The molecule has 4 unspecified atom stereocenters. The van der Waals surface area contributed by atoms with E-state index in [2.05, 4.69) is 15.0 Å². The van der Waals surface area contributed by atoms with Crippen LogP contribution >= 0.6 is 0 Å². The van der Waals surface area contributed by atoms with Gasteiger partial charge in [-0.05, 0) is 43.4 Å². The molecule has 0 saturated carbocycles. The molecule has 0 N–H and O–H groups in total. The van der Waals surface area contributed by atoms with Gasteiger partial charge in [0.1, 0.15) is 5.69 Å². The first-order valence-corrected chi connectivity index (χ1v) is 12.3. The minimum atomic E-state index is -2.01. The van der Waals surface area contributed by atoms with E-state index in [0.29, 0.717) is 11.4 Å². The average Bonchev–Trinajstić information content (AvgIpc) is 2.98. The van der Waals surface area contributed by atoms with Crippen molar-refractivity contribution in [1.82, 2.24) is 24.8 Å². The van der Waals surface area contributed by atoms with E-state index in [0.717, 1.165) is 0 Å². The quantitative estimate of drug-likeness (QED) is 0.355. The van der Waals surface area contributed by atoms with Crippen LogP contribution in [-0.4, -0.2) is 82.7 Å². The fourth-order valence-electron chi connectivity index (χ4n) is 6.16. The second kappa shape index (κ2) is 9.99. The Labute approximate surface area is 224 Å². The first-order chi connectivity index (χ1) is 18.8. The fourth-order valence-corrected chi connectivity index (χ4v) is 6.16. The zero-order valence-electron chi connectivity index (χ0n) is 21.7. The van der Waals surface area contributed by atoms with Crippen molar-refractivity contribution in [2.75, 3.05) is 34.4 Å². The van der Waals surface area contributed by atoms with Crippen LogP contribution < -0.4 is 0 Å². The lowest BCUT2D eigenvalue weighted by Crippen LogP contribution is -2.76. The number of carbonyl (C=O) groups excluding carboxylic acids is 4. The summed E-state index contributed by atoms with van der Waals surface area (Å²) in [6.45, 7) is -0.708. The van der Waals surface area contributed by atoms with Crippen molar-refractivity contribution in [2.45, 2.75) is 12.1 Å². The van der Waals surface area contributed by atoms with Gasteiger partial charge in [-0.3, -0.25) is 39.0 Å². The maximum atomic E-state index is 14.8. The summed E-state index contributed by atoms with van der Waals surface area (Å²) in [7, 11) is 4.05. The highest BCUT2D eigenvalue weighted by molar-refractivity contribution is 6.18. The van der Waals surface area contributed by atoms with Crippen molar-refractivity contribution in [1.29, 1.82) is 0 Å². The topological polar surface area (TPSA) is 132 Å². The van der Waals surface area contributed by atoms with Crippen LogP contribution in [0.1, 0.15) is 34.0 Å². The number of pyridine rings is 3. The SMILES string of the molecule is COC(=O)C12CN(C(=O)c3ccccn3)CC(C(=O)OC)(C1=O)C(c1ccccn1)N(C)C2c1ccccn1. The first kappa shape index (κ1) is 26.1. The van der Waals surface area contributed by atoms with Gasteiger partial charge in [-0.2, -0.15) is 0 Å². The largest absolute Gasteiger partial charge is 0.468 e. The van der Waals surface area contributed by atoms with Gasteiger partial charge in [0, 0.05) is 31.7 Å². The lowest BCUT2D eigenvalue weighted by molar-refractivity contribution is -0.201. The number of nitrogens with zero attached hydrogens (tertiary/aromatic N) is 5. The lowest BCUT2D eigenvalue weighted by Gasteiger charge is -2.60. The van der Waals surface area contributed by atoms with Crippen molar-refractivity contribution < 1.29 is 28.7 Å². The summed E-state index contributed by atoms with van der Waals surface area (Å²) in [6, 6.07) is 13.1. The minimum Gasteiger partial charge on any atom is -0.468 e. The number of piperidine rings is 2. The third-order valence-electron chi connectivity index (χ3n) is 7.65. The number of amides is 1. The molecule has 2 aliphatic heterocycles. The second-order valence-electron chi connectivity index (χ2n) is 9.61. The summed E-state index contributed by atoms with van der Waals surface area (Å²) in [5.41, 5.74) is -3.14. The van der Waals surface area contributed by atoms with Crippen molar-refractivity contribution in [3.63, 3.8) is 0 Å². The number of Topliss-reactive ketones (excluding diaryl/α,β-unsaturated/α-hetero) is 1. The Balaban J connectivity index is 1.83. The standard InChI is InChI=1S/C28H27N5O6/c1-32-21(18-10-4-7-13-29-18)27(25(36)38-2)16-33(23(34)20-12-6-9-15-31-20)17-28(24(27)35,26(37)39-3)22(32)19-11-5-8-14-30-19/h4-15,21-22H,16-17H2,1-3H3. The van der Waals surface area contributed by atoms with Gasteiger partial charge < -0.3 is 14.4 Å². The monoisotopic (exact) mass is 529 g/mol. The van der Waals surface area contributed by atoms with Crippen molar-refractivity contribution >= 4 is 23.6 Å². The Kier molecular flexibility index (Phi) is 6.69. The van der Waals surface area contributed by atoms with E-state index in [-0.39, 0.29) is 18.8 Å². The summed E-state index contributed by atoms with van der Waals surface area (Å²) in [5, 5.41) is 0. The molecule has 5 heterocycles. The zero-order chi connectivity index (χ0) is 27.8. The molecule has 0 aromatic carbocycles. The molecule has 3 aromatic rings. The Morgan fingerprint density at radius 2 is 1.23 bits per heavy atom. The molecule has 39 heavy (non-hydrogen) atoms. The zero-order valence-corrected chi connectivity index (χ0v) is 21.7. The molecule has 11 heteroatoms. The van der Waals surface area contributed by atoms with E-state index in [1.54, 1.807) is 72.9 Å². The van der Waals surface area contributed by atoms with Crippen LogP contribution in [0.5, 0.6) is 0 Å². The summed E-state index contributed by atoms with van der Waals surface area (Å²) >= 11 is 0. The van der Waals surface area contributed by atoms with Gasteiger partial charge in [-0.25, -0.2) is 0 Å². The number of rotatable bonds is 5. The fraction of sp³-hybridized carbons (Fsp3) is 0.321. The smallest absolute Gasteiger partial charge is 0.323 e. The molecule has 3 aromatic heterocycles. The Morgan fingerprint density at radius 1 is 0.769 bits per heavy atom. The molecule has 2 saturated heterocycles. The number of ketones is 1. The third kappa shape index (κ3) is 3.80. The number of likely N-dealkylation sites (tertiary alicyclic amines) is 2. The van der Waals surface area contributed by atoms with Gasteiger partial charge in [-0.1, -0.05) is 18.2 Å². The molecule has 0 aliphatic carbocycles. The lowest BCUT2D eigenvalue weighted by atomic mass is 9.54. The van der Waals surface area contributed by atoms with Crippen LogP contribution in [0.4, 0.5) is 0 Å². The van der Waals surface area contributed by atoms with Crippen LogP contribution in [0.15, 0.2) is 73.2 Å². The van der Waals surface area contributed by atoms with E-state index in [1.807, 2.05) is 0 Å². The molecule has 2 fully saturated rings. The number of fused-ring (bicyclic) bond motifs is 2. The van der Waals surface area contributed by atoms with Crippen LogP contribution in [0.25, 0.3) is 0 Å². The highest BCUT2D eigenvalue weighted by Gasteiger charge is 2.76. The third-order valence-corrected chi connectivity index (χ3v) is 7.65. The normalized spacial score (nSPS) is 26.5. The Bertz CT molecular complexity index is 1330. The van der Waals surface area contributed by atoms with Crippen LogP contribution in [-0.2, 0) is 23.9 Å². The van der Waals surface area contributed by atoms with Gasteiger partial charge in [0.15, 0.2) is 16.6 Å². The number of methoxy groups -OCH3 is 2. The number of ether oxygens (including phenoxy) is 2. The van der Waals surface area contributed by atoms with Crippen LogP contribution in [0.3, 0.4) is 0 Å². The highest BCUT2D eigenvalue weighted by Crippen LogP contribution is 2.60. The molecular weight excluding hydrogens is 502 g/mol. The van der Waals surface area contributed by atoms with Crippen LogP contribution in [0.2, 0.25) is 0 Å². The molecule has 2 bridgehead atoms. The maximum absolute atomic E-state index is 14.8. The number of carbonyl (C=O) groups is 4. The van der Waals surface area contributed by atoms with Gasteiger partial charge in [0.25, 0.3) is 5.91 Å². The molecule has 200 valence electrons. The van der Waals surface area contributed by atoms with Gasteiger partial charge >= 0.3 is 11.9 Å². The van der Waals surface area contributed by atoms with E-state index >= 15 is 0 Å². The first-order valence-electron chi connectivity index (χ1n) is 12.3. The molecule has 5 rings (SSSR count). The number of hydrogen-bond donors (Lipinski definition) is 0. The number of esters is 2. The summed E-state index contributed by atoms with van der Waals surface area (Å²) in [6.07, 6.45) is 4.57. The molecule has 4 atom stereocenters. The number of hydrogen-bond acceptors (Lipinski definition) is 10. The molecule has 0 radical (unpaired) electrons. The van der Waals surface area contributed by atoms with E-state index < -0.39 is 46.5 Å². The van der Waals surface area contributed by atoms with Crippen LogP contribution in [0, 0.1) is 10.8 Å². The Hall–Kier alpha value is -4.51. The van der Waals surface area contributed by atoms with Gasteiger partial charge in [-0.15, -0.1) is 0 Å². The maximum Gasteiger partial charge on any atom is 0.323 e. The van der Waals surface area contributed by atoms with E-state index in [9.17, 15) is 19.2 Å². The average molecular weight is 530 g/mol. The summed E-state index contributed by atoms with van der Waals surface area (Å²) < 4.78 is 10.5. The van der Waals surface area contributed by atoms with Crippen molar-refractivity contribution in [2.24, 2.45) is 10.8 Å². The highest BCUT2D eigenvalue weighted by atomic mass is 16.5. The summed E-state index contributed by atoms with van der Waals surface area (Å²) in [5.74, 6) is -3.03. The van der Waals surface area contributed by atoms with Crippen molar-refractivity contribution in [3.05, 3.63) is 90.3 Å². The van der Waals surface area contributed by atoms with Gasteiger partial charge in [0.2, 0.25) is 0 Å².